The van der Waals surface area contributed by atoms with Crippen molar-refractivity contribution >= 4 is 21.8 Å². The Morgan fingerprint density at radius 1 is 1.47 bits per heavy atom. The molecule has 2 N–H and O–H groups in total. The first kappa shape index (κ1) is 13.8. The Kier molecular flexibility index (Phi) is 4.34. The molecule has 1 heterocycles. The Hall–Kier alpha value is -1.66. The van der Waals surface area contributed by atoms with E-state index in [1.54, 1.807) is 24.0 Å². The molecule has 2 aromatic rings. The third kappa shape index (κ3) is 3.65. The molecule has 19 heavy (non-hydrogen) atoms. The lowest BCUT2D eigenvalue weighted by atomic mass is 10.3. The zero-order valence-corrected chi connectivity index (χ0v) is 12.0. The van der Waals surface area contributed by atoms with Gasteiger partial charge in [-0.15, -0.1) is 0 Å². The van der Waals surface area contributed by atoms with Crippen LogP contribution in [0.2, 0.25) is 0 Å². The van der Waals surface area contributed by atoms with Crippen LogP contribution in [-0.4, -0.2) is 33.2 Å². The van der Waals surface area contributed by atoms with Crippen LogP contribution < -0.4 is 5.32 Å². The molecule has 0 saturated heterocycles. The highest BCUT2D eigenvalue weighted by molar-refractivity contribution is 9.10. The number of amides is 1. The minimum Gasteiger partial charge on any atom is -0.392 e. The molecule has 6 heteroatoms. The van der Waals surface area contributed by atoms with Crippen LogP contribution in [0.3, 0.4) is 0 Å². The summed E-state index contributed by atoms with van der Waals surface area (Å²) in [6, 6.07) is 7.68. The maximum absolute atomic E-state index is 11.7. The SMILES string of the molecule is CC(O)CNC(=O)c1cn(-c2ccc(Br)cc2)cn1. The van der Waals surface area contributed by atoms with Crippen LogP contribution in [0.5, 0.6) is 0 Å². The predicted molar refractivity (Wildman–Crippen MR) is 75.3 cm³/mol. The summed E-state index contributed by atoms with van der Waals surface area (Å²) in [7, 11) is 0. The Labute approximate surface area is 119 Å². The van der Waals surface area contributed by atoms with Crippen molar-refractivity contribution in [2.24, 2.45) is 0 Å². The Morgan fingerprint density at radius 3 is 2.79 bits per heavy atom. The van der Waals surface area contributed by atoms with Gasteiger partial charge in [0.1, 0.15) is 12.0 Å². The third-order valence-corrected chi connectivity index (χ3v) is 3.03. The van der Waals surface area contributed by atoms with E-state index in [9.17, 15) is 4.79 Å². The maximum atomic E-state index is 11.7. The molecule has 0 fully saturated rings. The smallest absolute Gasteiger partial charge is 0.271 e. The molecule has 5 nitrogen and oxygen atoms in total. The number of hydrogen-bond donors (Lipinski definition) is 2. The fourth-order valence-electron chi connectivity index (χ4n) is 1.53. The highest BCUT2D eigenvalue weighted by Gasteiger charge is 2.10. The summed E-state index contributed by atoms with van der Waals surface area (Å²) in [5, 5.41) is 11.7. The molecule has 0 aliphatic rings. The highest BCUT2D eigenvalue weighted by atomic mass is 79.9. The van der Waals surface area contributed by atoms with Crippen LogP contribution in [0.1, 0.15) is 17.4 Å². The molecule has 1 atom stereocenters. The van der Waals surface area contributed by atoms with Gasteiger partial charge in [-0.25, -0.2) is 4.98 Å². The molecule has 1 amide bonds. The summed E-state index contributed by atoms with van der Waals surface area (Å²) in [5.74, 6) is -0.295. The van der Waals surface area contributed by atoms with Crippen molar-refractivity contribution in [2.75, 3.05) is 6.54 Å². The van der Waals surface area contributed by atoms with Gasteiger partial charge in [-0.3, -0.25) is 4.79 Å². The van der Waals surface area contributed by atoms with Gasteiger partial charge in [-0.1, -0.05) is 15.9 Å². The van der Waals surface area contributed by atoms with Crippen LogP contribution in [-0.2, 0) is 0 Å². The van der Waals surface area contributed by atoms with Crippen molar-refractivity contribution < 1.29 is 9.90 Å². The second-order valence-electron chi connectivity index (χ2n) is 4.20. The standard InChI is InChI=1S/C13H14BrN3O2/c1-9(18)6-15-13(19)12-7-17(8-16-12)11-4-2-10(14)3-5-11/h2-5,7-9,18H,6H2,1H3,(H,15,19). The molecule has 0 aliphatic heterocycles. The van der Waals surface area contributed by atoms with E-state index in [0.29, 0.717) is 5.69 Å². The summed E-state index contributed by atoms with van der Waals surface area (Å²) in [6.07, 6.45) is 2.67. The number of nitrogens with zero attached hydrogens (tertiary/aromatic N) is 2. The van der Waals surface area contributed by atoms with Crippen LogP contribution >= 0.6 is 15.9 Å². The zero-order valence-electron chi connectivity index (χ0n) is 10.4. The largest absolute Gasteiger partial charge is 0.392 e. The van der Waals surface area contributed by atoms with Crippen molar-refractivity contribution in [1.82, 2.24) is 14.9 Å². The number of aliphatic hydroxyl groups is 1. The number of imidazole rings is 1. The van der Waals surface area contributed by atoms with Crippen molar-refractivity contribution in [1.29, 1.82) is 0 Å². The van der Waals surface area contributed by atoms with Gasteiger partial charge < -0.3 is 15.0 Å². The first-order valence-corrected chi connectivity index (χ1v) is 6.62. The van der Waals surface area contributed by atoms with Gasteiger partial charge in [0, 0.05) is 22.9 Å². The van der Waals surface area contributed by atoms with E-state index in [2.05, 4.69) is 26.2 Å². The zero-order chi connectivity index (χ0) is 13.8. The summed E-state index contributed by atoms with van der Waals surface area (Å²) in [5.41, 5.74) is 1.24. The van der Waals surface area contributed by atoms with Gasteiger partial charge in [0.2, 0.25) is 0 Å². The topological polar surface area (TPSA) is 67.2 Å². The van der Waals surface area contributed by atoms with E-state index in [-0.39, 0.29) is 12.5 Å². The summed E-state index contributed by atoms with van der Waals surface area (Å²) >= 11 is 3.37. The third-order valence-electron chi connectivity index (χ3n) is 2.50. The molecular weight excluding hydrogens is 310 g/mol. The first-order valence-electron chi connectivity index (χ1n) is 5.82. The van der Waals surface area contributed by atoms with Gasteiger partial charge >= 0.3 is 0 Å². The lowest BCUT2D eigenvalue weighted by molar-refractivity contribution is 0.0919. The summed E-state index contributed by atoms with van der Waals surface area (Å²) in [4.78, 5) is 15.8. The second kappa shape index (κ2) is 5.99. The molecule has 2 rings (SSSR count). The van der Waals surface area contributed by atoms with E-state index in [4.69, 9.17) is 5.11 Å². The Bertz CT molecular complexity index is 564. The average molecular weight is 324 g/mol. The number of aromatic nitrogens is 2. The highest BCUT2D eigenvalue weighted by Crippen LogP contribution is 2.14. The van der Waals surface area contributed by atoms with Crippen LogP contribution in [0, 0.1) is 0 Å². The molecule has 0 radical (unpaired) electrons. The maximum Gasteiger partial charge on any atom is 0.271 e. The van der Waals surface area contributed by atoms with Gasteiger partial charge in [0.15, 0.2) is 0 Å². The molecular formula is C13H14BrN3O2. The van der Waals surface area contributed by atoms with Gasteiger partial charge in [0.25, 0.3) is 5.91 Å². The lowest BCUT2D eigenvalue weighted by Crippen LogP contribution is -2.30. The molecule has 1 unspecified atom stereocenters. The Morgan fingerprint density at radius 2 is 2.16 bits per heavy atom. The number of nitrogens with one attached hydrogen (secondary N) is 1. The molecule has 100 valence electrons. The van der Waals surface area contributed by atoms with Crippen molar-refractivity contribution in [3.05, 3.63) is 47.0 Å². The molecule has 0 saturated carbocycles. The number of hydrogen-bond acceptors (Lipinski definition) is 3. The average Bonchev–Trinajstić information content (AvgIpc) is 2.86. The molecule has 1 aromatic carbocycles. The Balaban J connectivity index is 2.10. The normalized spacial score (nSPS) is 12.2. The number of carbonyl (C=O) groups is 1. The number of halogens is 1. The molecule has 0 aliphatic carbocycles. The quantitative estimate of drug-likeness (QED) is 0.900. The predicted octanol–water partition coefficient (Wildman–Crippen LogP) is 1.75. The van der Waals surface area contributed by atoms with E-state index < -0.39 is 6.10 Å². The minimum atomic E-state index is -0.572. The monoisotopic (exact) mass is 323 g/mol. The van der Waals surface area contributed by atoms with Crippen LogP contribution in [0.25, 0.3) is 5.69 Å². The number of rotatable bonds is 4. The van der Waals surface area contributed by atoms with Gasteiger partial charge in [-0.2, -0.15) is 0 Å². The number of aliphatic hydroxyl groups excluding tert-OH is 1. The minimum absolute atomic E-state index is 0.212. The first-order chi connectivity index (χ1) is 9.06. The fraction of sp³-hybridized carbons (Fsp3) is 0.231. The van der Waals surface area contributed by atoms with Gasteiger partial charge in [0.05, 0.1) is 6.10 Å². The number of carbonyl (C=O) groups excluding carboxylic acids is 1. The van der Waals surface area contributed by atoms with E-state index in [0.717, 1.165) is 10.2 Å². The molecule has 0 bridgehead atoms. The second-order valence-corrected chi connectivity index (χ2v) is 5.12. The summed E-state index contributed by atoms with van der Waals surface area (Å²) < 4.78 is 2.76. The lowest BCUT2D eigenvalue weighted by Gasteiger charge is -2.04. The van der Waals surface area contributed by atoms with E-state index >= 15 is 0 Å². The number of benzene rings is 1. The van der Waals surface area contributed by atoms with Gasteiger partial charge in [-0.05, 0) is 31.2 Å². The van der Waals surface area contributed by atoms with Crippen molar-refractivity contribution in [3.63, 3.8) is 0 Å². The summed E-state index contributed by atoms with van der Waals surface area (Å²) in [6.45, 7) is 1.82. The van der Waals surface area contributed by atoms with E-state index in [1.807, 2.05) is 24.3 Å². The van der Waals surface area contributed by atoms with Crippen LogP contribution in [0.4, 0.5) is 0 Å². The fourth-order valence-corrected chi connectivity index (χ4v) is 1.79. The van der Waals surface area contributed by atoms with E-state index in [1.165, 1.54) is 0 Å². The van der Waals surface area contributed by atoms with Crippen molar-refractivity contribution in [3.8, 4) is 5.69 Å². The molecule has 1 aromatic heterocycles. The van der Waals surface area contributed by atoms with Crippen molar-refractivity contribution in [2.45, 2.75) is 13.0 Å². The van der Waals surface area contributed by atoms with Crippen LogP contribution in [0.15, 0.2) is 41.3 Å². The molecule has 0 spiro atoms.